The molecule has 1 fully saturated rings. The number of benzene rings is 1. The number of fused-ring (bicyclic) bond motifs is 1. The Balaban J connectivity index is 1.44. The molecule has 1 saturated carbocycles. The zero-order valence-electron chi connectivity index (χ0n) is 14.8. The van der Waals surface area contributed by atoms with E-state index >= 15 is 0 Å². The van der Waals surface area contributed by atoms with Crippen LogP contribution < -0.4 is 10.6 Å². The van der Waals surface area contributed by atoms with E-state index in [-0.39, 0.29) is 35.3 Å². The molecule has 1 heterocycles. The Hall–Kier alpha value is -2.63. The second kappa shape index (κ2) is 7.32. The van der Waals surface area contributed by atoms with Crippen LogP contribution in [0.3, 0.4) is 0 Å². The summed E-state index contributed by atoms with van der Waals surface area (Å²) in [4.78, 5) is 32.2. The first-order valence-electron chi connectivity index (χ1n) is 9.45. The van der Waals surface area contributed by atoms with Gasteiger partial charge in [-0.1, -0.05) is 43.5 Å². The fourth-order valence-corrected chi connectivity index (χ4v) is 4.08. The molecule has 0 spiro atoms. The van der Waals surface area contributed by atoms with Gasteiger partial charge in [0.15, 0.2) is 5.69 Å². The van der Waals surface area contributed by atoms with Gasteiger partial charge in [-0.2, -0.15) is 0 Å². The summed E-state index contributed by atoms with van der Waals surface area (Å²) in [5.74, 6) is -0.548. The minimum Gasteiger partial charge on any atom is -0.348 e. The minimum atomic E-state index is -0.280. The monoisotopic (exact) mass is 352 g/mol. The highest BCUT2D eigenvalue weighted by atomic mass is 16.2. The van der Waals surface area contributed by atoms with Crippen LogP contribution in [-0.4, -0.2) is 27.8 Å². The van der Waals surface area contributed by atoms with Gasteiger partial charge in [0.25, 0.3) is 11.8 Å². The minimum absolute atomic E-state index is 0.0174. The number of aromatic nitrogens is 2. The molecule has 2 amide bonds. The van der Waals surface area contributed by atoms with Crippen molar-refractivity contribution in [2.75, 3.05) is 0 Å². The first-order chi connectivity index (χ1) is 12.7. The molecule has 0 radical (unpaired) electrons. The van der Waals surface area contributed by atoms with Crippen molar-refractivity contribution in [2.24, 2.45) is 0 Å². The zero-order chi connectivity index (χ0) is 17.9. The van der Waals surface area contributed by atoms with Crippen molar-refractivity contribution in [3.63, 3.8) is 0 Å². The summed E-state index contributed by atoms with van der Waals surface area (Å²) in [6.45, 7) is 0. The Bertz CT molecular complexity index is 808. The van der Waals surface area contributed by atoms with Gasteiger partial charge in [0.05, 0.1) is 12.4 Å². The summed E-state index contributed by atoms with van der Waals surface area (Å²) < 4.78 is 0. The summed E-state index contributed by atoms with van der Waals surface area (Å²) >= 11 is 0. The summed E-state index contributed by atoms with van der Waals surface area (Å²) in [6, 6.07) is 8.33. The lowest BCUT2D eigenvalue weighted by Gasteiger charge is -2.22. The van der Waals surface area contributed by atoms with E-state index in [1.165, 1.54) is 18.3 Å². The van der Waals surface area contributed by atoms with Crippen molar-refractivity contribution < 1.29 is 9.59 Å². The standard InChI is InChI=1S/C20H24N4O2/c25-19(23-14-7-2-1-3-8-14)17-18(22-12-21-17)20(26)24-16-11-10-13-6-4-5-9-15(13)16/h4-6,9,12,14,16H,1-3,7-8,10-11H2,(H,21,22)(H,23,25)(H,24,26)/t16-/m1/s1. The fourth-order valence-electron chi connectivity index (χ4n) is 4.08. The van der Waals surface area contributed by atoms with Gasteiger partial charge in [-0.05, 0) is 36.8 Å². The van der Waals surface area contributed by atoms with E-state index in [0.29, 0.717) is 0 Å². The molecule has 1 aromatic heterocycles. The van der Waals surface area contributed by atoms with Gasteiger partial charge in [0.1, 0.15) is 5.69 Å². The van der Waals surface area contributed by atoms with Crippen molar-refractivity contribution >= 4 is 11.8 Å². The number of carbonyl (C=O) groups is 2. The summed E-state index contributed by atoms with van der Waals surface area (Å²) in [7, 11) is 0. The number of nitrogens with zero attached hydrogens (tertiary/aromatic N) is 1. The zero-order valence-corrected chi connectivity index (χ0v) is 14.8. The number of rotatable bonds is 4. The number of hydrogen-bond acceptors (Lipinski definition) is 3. The van der Waals surface area contributed by atoms with Crippen LogP contribution in [0.4, 0.5) is 0 Å². The fraction of sp³-hybridized carbons (Fsp3) is 0.450. The molecule has 6 heteroatoms. The van der Waals surface area contributed by atoms with Gasteiger partial charge >= 0.3 is 0 Å². The molecule has 0 bridgehead atoms. The average molecular weight is 352 g/mol. The Morgan fingerprint density at radius 1 is 1.00 bits per heavy atom. The van der Waals surface area contributed by atoms with Crippen LogP contribution in [0.2, 0.25) is 0 Å². The van der Waals surface area contributed by atoms with Crippen molar-refractivity contribution in [1.82, 2.24) is 20.6 Å². The number of amides is 2. The topological polar surface area (TPSA) is 86.9 Å². The number of aromatic amines is 1. The molecule has 1 atom stereocenters. The molecule has 26 heavy (non-hydrogen) atoms. The van der Waals surface area contributed by atoms with Crippen LogP contribution >= 0.6 is 0 Å². The molecule has 2 aromatic rings. The van der Waals surface area contributed by atoms with Crippen molar-refractivity contribution in [1.29, 1.82) is 0 Å². The third kappa shape index (κ3) is 3.36. The second-order valence-electron chi connectivity index (χ2n) is 7.20. The lowest BCUT2D eigenvalue weighted by Crippen LogP contribution is -2.38. The Kier molecular flexibility index (Phi) is 4.73. The first kappa shape index (κ1) is 16.8. The molecule has 3 N–H and O–H groups in total. The van der Waals surface area contributed by atoms with Crippen molar-refractivity contribution in [3.05, 3.63) is 53.1 Å². The highest BCUT2D eigenvalue weighted by Gasteiger charge is 2.27. The Labute approximate surface area is 152 Å². The maximum absolute atomic E-state index is 12.7. The highest BCUT2D eigenvalue weighted by Crippen LogP contribution is 2.30. The Morgan fingerprint density at radius 3 is 2.65 bits per heavy atom. The maximum Gasteiger partial charge on any atom is 0.272 e. The smallest absolute Gasteiger partial charge is 0.272 e. The largest absolute Gasteiger partial charge is 0.348 e. The highest BCUT2D eigenvalue weighted by molar-refractivity contribution is 6.05. The van der Waals surface area contributed by atoms with Gasteiger partial charge in [0.2, 0.25) is 0 Å². The van der Waals surface area contributed by atoms with E-state index in [4.69, 9.17) is 0 Å². The van der Waals surface area contributed by atoms with E-state index in [1.54, 1.807) is 0 Å². The number of hydrogen-bond donors (Lipinski definition) is 3. The van der Waals surface area contributed by atoms with Crippen LogP contribution in [-0.2, 0) is 6.42 Å². The number of carbonyl (C=O) groups excluding carboxylic acids is 2. The molecule has 2 aliphatic carbocycles. The summed E-state index contributed by atoms with van der Waals surface area (Å²) in [6.07, 6.45) is 8.74. The summed E-state index contributed by atoms with van der Waals surface area (Å²) in [5.41, 5.74) is 2.85. The first-order valence-corrected chi connectivity index (χ1v) is 9.45. The molecular formula is C20H24N4O2. The maximum atomic E-state index is 12.7. The quantitative estimate of drug-likeness (QED) is 0.791. The van der Waals surface area contributed by atoms with Gasteiger partial charge in [-0.25, -0.2) is 4.98 Å². The van der Waals surface area contributed by atoms with Gasteiger partial charge in [-0.3, -0.25) is 9.59 Å². The molecule has 1 aromatic carbocycles. The lowest BCUT2D eigenvalue weighted by molar-refractivity contribution is 0.0891. The van der Waals surface area contributed by atoms with Crippen LogP contribution in [0, 0.1) is 0 Å². The van der Waals surface area contributed by atoms with E-state index in [1.807, 2.05) is 12.1 Å². The van der Waals surface area contributed by atoms with E-state index in [9.17, 15) is 9.59 Å². The Morgan fingerprint density at radius 2 is 1.81 bits per heavy atom. The van der Waals surface area contributed by atoms with E-state index in [2.05, 4.69) is 32.7 Å². The summed E-state index contributed by atoms with van der Waals surface area (Å²) in [5, 5.41) is 6.07. The lowest BCUT2D eigenvalue weighted by atomic mass is 9.95. The van der Waals surface area contributed by atoms with Crippen molar-refractivity contribution in [2.45, 2.75) is 57.0 Å². The van der Waals surface area contributed by atoms with Gasteiger partial charge < -0.3 is 15.6 Å². The molecule has 0 unspecified atom stereocenters. The number of H-pyrrole nitrogens is 1. The molecule has 136 valence electrons. The number of aryl methyl sites for hydroxylation is 1. The SMILES string of the molecule is O=C(NC1CCCCC1)c1nc[nH]c1C(=O)N[C@@H]1CCc2ccccc21. The molecule has 6 nitrogen and oxygen atoms in total. The van der Waals surface area contributed by atoms with Crippen LogP contribution in [0.1, 0.15) is 76.7 Å². The normalized spacial score (nSPS) is 19.8. The van der Waals surface area contributed by atoms with Crippen LogP contribution in [0.5, 0.6) is 0 Å². The van der Waals surface area contributed by atoms with Crippen LogP contribution in [0.25, 0.3) is 0 Å². The van der Waals surface area contributed by atoms with Gasteiger partial charge in [-0.15, -0.1) is 0 Å². The van der Waals surface area contributed by atoms with Crippen LogP contribution in [0.15, 0.2) is 30.6 Å². The predicted molar refractivity (Wildman–Crippen MR) is 97.9 cm³/mol. The molecule has 0 aliphatic heterocycles. The number of nitrogens with one attached hydrogen (secondary N) is 3. The molecule has 2 aliphatic rings. The third-order valence-electron chi connectivity index (χ3n) is 5.46. The number of imidazole rings is 1. The molecule has 0 saturated heterocycles. The average Bonchev–Trinajstić information content (AvgIpc) is 3.30. The second-order valence-corrected chi connectivity index (χ2v) is 7.20. The molecule has 4 rings (SSSR count). The van der Waals surface area contributed by atoms with E-state index < -0.39 is 0 Å². The van der Waals surface area contributed by atoms with Crippen molar-refractivity contribution in [3.8, 4) is 0 Å². The third-order valence-corrected chi connectivity index (χ3v) is 5.46. The van der Waals surface area contributed by atoms with E-state index in [0.717, 1.165) is 44.1 Å². The molecular weight excluding hydrogens is 328 g/mol. The van der Waals surface area contributed by atoms with Gasteiger partial charge in [0, 0.05) is 6.04 Å². The predicted octanol–water partition coefficient (Wildman–Crippen LogP) is 2.89.